The molecule has 0 bridgehead atoms. The first-order chi connectivity index (χ1) is 13.2. The highest BCUT2D eigenvalue weighted by Crippen LogP contribution is 2.20. The Balaban J connectivity index is 1.43. The van der Waals surface area contributed by atoms with E-state index in [1.54, 1.807) is 28.9 Å². The lowest BCUT2D eigenvalue weighted by molar-refractivity contribution is 0.0911. The minimum Gasteiger partial charge on any atom is -0.491 e. The van der Waals surface area contributed by atoms with Crippen molar-refractivity contribution in [2.75, 3.05) is 19.0 Å². The average Bonchev–Trinajstić information content (AvgIpc) is 3.37. The normalized spacial score (nSPS) is 17.8. The topological polar surface area (TPSA) is 99.4 Å². The van der Waals surface area contributed by atoms with Crippen LogP contribution >= 0.6 is 11.8 Å². The molecular formula is C18H24N4O4S. The molecule has 2 aromatic rings. The molecule has 1 fully saturated rings. The number of rotatable bonds is 10. The van der Waals surface area contributed by atoms with Crippen LogP contribution in [-0.2, 0) is 11.3 Å². The second kappa shape index (κ2) is 9.82. The van der Waals surface area contributed by atoms with Crippen LogP contribution in [0.2, 0.25) is 0 Å². The highest BCUT2D eigenvalue weighted by atomic mass is 32.2. The lowest BCUT2D eigenvalue weighted by atomic mass is 10.1. The number of thioether (sulfide) groups is 1. The molecule has 1 saturated heterocycles. The monoisotopic (exact) mass is 392 g/mol. The Labute approximate surface area is 162 Å². The minimum absolute atomic E-state index is 0.0960. The molecule has 3 rings (SSSR count). The number of hydrogen-bond donors (Lipinski definition) is 1. The van der Waals surface area contributed by atoms with Gasteiger partial charge in [0.1, 0.15) is 12.4 Å². The molecule has 0 spiro atoms. The van der Waals surface area contributed by atoms with Gasteiger partial charge in [0, 0.05) is 24.3 Å². The van der Waals surface area contributed by atoms with Crippen LogP contribution in [0.5, 0.6) is 5.75 Å². The Kier molecular flexibility index (Phi) is 7.19. The third kappa shape index (κ3) is 5.75. The van der Waals surface area contributed by atoms with Crippen molar-refractivity contribution in [3.05, 3.63) is 29.8 Å². The molecule has 2 unspecified atom stereocenters. The minimum atomic E-state index is -0.667. The molecule has 27 heavy (non-hydrogen) atoms. The Morgan fingerprint density at radius 2 is 2.26 bits per heavy atom. The molecule has 1 aromatic carbocycles. The maximum Gasteiger partial charge on any atom is 0.209 e. The summed E-state index contributed by atoms with van der Waals surface area (Å²) in [6, 6.07) is 6.96. The molecule has 2 atom stereocenters. The Hall–Kier alpha value is -1.97. The Bertz CT molecular complexity index is 731. The summed E-state index contributed by atoms with van der Waals surface area (Å²) in [4.78, 5) is 11.6. The first kappa shape index (κ1) is 19.8. The van der Waals surface area contributed by atoms with Crippen LogP contribution in [0.25, 0.3) is 0 Å². The van der Waals surface area contributed by atoms with Crippen molar-refractivity contribution in [3.63, 3.8) is 0 Å². The number of carbonyl (C=O) groups is 1. The van der Waals surface area contributed by atoms with Gasteiger partial charge in [-0.25, -0.2) is 4.68 Å². The number of aromatic nitrogens is 4. The van der Waals surface area contributed by atoms with Gasteiger partial charge in [-0.15, -0.1) is 5.10 Å². The Morgan fingerprint density at radius 1 is 1.44 bits per heavy atom. The maximum absolute atomic E-state index is 11.6. The summed E-state index contributed by atoms with van der Waals surface area (Å²) in [6.45, 7) is 3.41. The first-order valence-electron chi connectivity index (χ1n) is 9.10. The summed E-state index contributed by atoms with van der Waals surface area (Å²) < 4.78 is 12.9. The second-order valence-electron chi connectivity index (χ2n) is 6.36. The number of ether oxygens (including phenoxy) is 2. The number of aliphatic hydroxyl groups is 1. The maximum atomic E-state index is 11.6. The van der Waals surface area contributed by atoms with Crippen LogP contribution < -0.4 is 4.74 Å². The number of benzene rings is 1. The zero-order valence-electron chi connectivity index (χ0n) is 15.3. The van der Waals surface area contributed by atoms with Gasteiger partial charge in [0.05, 0.1) is 18.8 Å². The molecule has 0 amide bonds. The summed E-state index contributed by atoms with van der Waals surface area (Å²) in [5.41, 5.74) is 0.666. The van der Waals surface area contributed by atoms with Gasteiger partial charge in [-0.05, 0) is 47.5 Å². The van der Waals surface area contributed by atoms with Crippen LogP contribution in [0.15, 0.2) is 29.4 Å². The van der Waals surface area contributed by atoms with Crippen LogP contribution in [0, 0.1) is 0 Å². The molecule has 9 heteroatoms. The smallest absolute Gasteiger partial charge is 0.209 e. The first-order valence-corrected chi connectivity index (χ1v) is 10.1. The highest BCUT2D eigenvalue weighted by molar-refractivity contribution is 7.99. The molecule has 1 aliphatic rings. The third-order valence-electron chi connectivity index (χ3n) is 4.24. The molecule has 0 saturated carbocycles. The number of tetrazole rings is 1. The predicted octanol–water partition coefficient (Wildman–Crippen LogP) is 1.98. The molecule has 1 aliphatic heterocycles. The summed E-state index contributed by atoms with van der Waals surface area (Å²) >= 11 is 1.39. The lowest BCUT2D eigenvalue weighted by Gasteiger charge is -2.13. The number of ketones is 1. The summed E-state index contributed by atoms with van der Waals surface area (Å²) in [7, 11) is 0. The molecule has 0 aliphatic carbocycles. The number of Topliss-reactive ketones (excluding diaryl/α,β-unsaturated/α-hetero) is 1. The predicted molar refractivity (Wildman–Crippen MR) is 100 cm³/mol. The third-order valence-corrected chi connectivity index (χ3v) is 5.35. The van der Waals surface area contributed by atoms with E-state index in [0.29, 0.717) is 35.2 Å². The number of hydrogen-bond acceptors (Lipinski definition) is 8. The number of carbonyl (C=O) groups excluding carboxylic acids is 1. The van der Waals surface area contributed by atoms with E-state index in [4.69, 9.17) is 9.47 Å². The molecular weight excluding hydrogens is 368 g/mol. The zero-order valence-corrected chi connectivity index (χ0v) is 16.1. The molecule has 8 nitrogen and oxygen atoms in total. The van der Waals surface area contributed by atoms with Gasteiger partial charge >= 0.3 is 0 Å². The lowest BCUT2D eigenvalue weighted by Crippen LogP contribution is -2.21. The fourth-order valence-electron chi connectivity index (χ4n) is 2.75. The van der Waals surface area contributed by atoms with Crippen LogP contribution in [-0.4, -0.2) is 62.3 Å². The second-order valence-corrected chi connectivity index (χ2v) is 7.34. The zero-order chi connectivity index (χ0) is 19.1. The van der Waals surface area contributed by atoms with Crippen molar-refractivity contribution in [1.82, 2.24) is 20.2 Å². The van der Waals surface area contributed by atoms with Crippen molar-refractivity contribution in [1.29, 1.82) is 0 Å². The van der Waals surface area contributed by atoms with Gasteiger partial charge in [-0.2, -0.15) is 0 Å². The average molecular weight is 392 g/mol. The van der Waals surface area contributed by atoms with Crippen LogP contribution in [0.4, 0.5) is 0 Å². The van der Waals surface area contributed by atoms with Gasteiger partial charge in [0.15, 0.2) is 5.78 Å². The van der Waals surface area contributed by atoms with E-state index in [0.717, 1.165) is 19.4 Å². The van der Waals surface area contributed by atoms with Crippen molar-refractivity contribution in [2.45, 2.75) is 50.1 Å². The van der Waals surface area contributed by atoms with E-state index >= 15 is 0 Å². The van der Waals surface area contributed by atoms with Gasteiger partial charge in [0.2, 0.25) is 5.16 Å². The summed E-state index contributed by atoms with van der Waals surface area (Å²) in [5, 5.41) is 22.5. The fourth-order valence-corrected chi connectivity index (χ4v) is 3.54. The van der Waals surface area contributed by atoms with Crippen molar-refractivity contribution >= 4 is 17.5 Å². The van der Waals surface area contributed by atoms with Crippen LogP contribution in [0.1, 0.15) is 36.5 Å². The standard InChI is InChI=1S/C18H24N4O4S/c1-2-17(24)13-5-7-15(8-6-13)26-11-14(23)12-27-18-19-20-21-22(18)10-16-4-3-9-25-16/h5-8,14,16,23H,2-4,9-12H2,1H3. The molecule has 1 N–H and O–H groups in total. The van der Waals surface area contributed by atoms with Crippen molar-refractivity contribution in [2.24, 2.45) is 0 Å². The van der Waals surface area contributed by atoms with Crippen LogP contribution in [0.3, 0.4) is 0 Å². The van der Waals surface area contributed by atoms with Gasteiger partial charge in [-0.3, -0.25) is 4.79 Å². The SMILES string of the molecule is CCC(=O)c1ccc(OCC(O)CSc2nnnn2CC2CCCO2)cc1. The highest BCUT2D eigenvalue weighted by Gasteiger charge is 2.19. The van der Waals surface area contributed by atoms with Crippen molar-refractivity contribution in [3.8, 4) is 5.75 Å². The van der Waals surface area contributed by atoms with Gasteiger partial charge in [0.25, 0.3) is 0 Å². The van der Waals surface area contributed by atoms with E-state index in [2.05, 4.69) is 15.5 Å². The van der Waals surface area contributed by atoms with E-state index in [9.17, 15) is 9.90 Å². The van der Waals surface area contributed by atoms with Gasteiger partial charge in [-0.1, -0.05) is 18.7 Å². The largest absolute Gasteiger partial charge is 0.491 e. The fraction of sp³-hybridized carbons (Fsp3) is 0.556. The summed E-state index contributed by atoms with van der Waals surface area (Å²) in [5.74, 6) is 1.13. The molecule has 2 heterocycles. The molecule has 146 valence electrons. The molecule has 0 radical (unpaired) electrons. The van der Waals surface area contributed by atoms with E-state index in [1.165, 1.54) is 11.8 Å². The molecule has 1 aromatic heterocycles. The van der Waals surface area contributed by atoms with E-state index < -0.39 is 6.10 Å². The van der Waals surface area contributed by atoms with E-state index in [-0.39, 0.29) is 18.5 Å². The van der Waals surface area contributed by atoms with E-state index in [1.807, 2.05) is 6.92 Å². The van der Waals surface area contributed by atoms with Crippen molar-refractivity contribution < 1.29 is 19.4 Å². The van der Waals surface area contributed by atoms with Gasteiger partial charge < -0.3 is 14.6 Å². The number of nitrogens with zero attached hydrogens (tertiary/aromatic N) is 4. The Morgan fingerprint density at radius 3 is 2.96 bits per heavy atom. The number of aliphatic hydroxyl groups excluding tert-OH is 1. The summed E-state index contributed by atoms with van der Waals surface area (Å²) in [6.07, 6.45) is 2.05. The quantitative estimate of drug-likeness (QED) is 0.484.